The van der Waals surface area contributed by atoms with E-state index in [1.54, 1.807) is 24.3 Å². The van der Waals surface area contributed by atoms with Gasteiger partial charge in [-0.3, -0.25) is 4.79 Å². The van der Waals surface area contributed by atoms with Crippen molar-refractivity contribution < 1.29 is 31.1 Å². The lowest BCUT2D eigenvalue weighted by Crippen LogP contribution is -2.19. The number of ether oxygens (including phenoxy) is 1. The van der Waals surface area contributed by atoms with Crippen LogP contribution in [0.1, 0.15) is 0 Å². The van der Waals surface area contributed by atoms with Gasteiger partial charge in [0.05, 0.1) is 9.79 Å². The van der Waals surface area contributed by atoms with E-state index in [9.17, 15) is 26.4 Å². The fourth-order valence-corrected chi connectivity index (χ4v) is 5.00. The maximum absolute atomic E-state index is 13.2. The van der Waals surface area contributed by atoms with Gasteiger partial charge in [0, 0.05) is 27.8 Å². The molecule has 4 rings (SSSR count). The molecule has 3 aromatic carbocycles. The monoisotopic (exact) mass is 508 g/mol. The predicted molar refractivity (Wildman–Crippen MR) is 121 cm³/mol. The molecule has 6 nitrogen and oxygen atoms in total. The number of benzene rings is 3. The first kappa shape index (κ1) is 23.7. The quantitative estimate of drug-likeness (QED) is 0.364. The second-order valence-electron chi connectivity index (χ2n) is 7.22. The number of rotatable bonds is 6. The summed E-state index contributed by atoms with van der Waals surface area (Å²) in [6.45, 7) is -0.225. The van der Waals surface area contributed by atoms with Crippen LogP contribution in [0, 0.1) is 0 Å². The number of hydrogen-bond acceptors (Lipinski definition) is 4. The van der Waals surface area contributed by atoms with Crippen LogP contribution in [0.15, 0.2) is 88.8 Å². The van der Waals surface area contributed by atoms with Crippen LogP contribution in [-0.4, -0.2) is 25.3 Å². The Morgan fingerprint density at radius 3 is 2.26 bits per heavy atom. The molecule has 0 fully saturated rings. The third-order valence-electron chi connectivity index (χ3n) is 4.85. The van der Waals surface area contributed by atoms with Crippen LogP contribution in [0.5, 0.6) is 5.75 Å². The zero-order valence-corrected chi connectivity index (χ0v) is 18.8. The number of nitrogens with zero attached hydrogens (tertiary/aromatic N) is 1. The average Bonchev–Trinajstić information content (AvgIpc) is 3.14. The van der Waals surface area contributed by atoms with Gasteiger partial charge in [-0.05, 0) is 54.6 Å². The number of alkyl halides is 3. The first-order valence-corrected chi connectivity index (χ1v) is 11.6. The Hall–Kier alpha value is -3.50. The van der Waals surface area contributed by atoms with Crippen molar-refractivity contribution in [3.63, 3.8) is 0 Å². The minimum absolute atomic E-state index is 0.0341. The SMILES string of the molecule is O=C(Cn1cc(S(=O)(=O)c2ccc(Cl)cc2)c2ccccc21)Nc1ccc(OC(F)(F)F)cc1. The summed E-state index contributed by atoms with van der Waals surface area (Å²) in [5.74, 6) is -0.917. The molecule has 11 heteroatoms. The largest absolute Gasteiger partial charge is 0.573 e. The lowest BCUT2D eigenvalue weighted by Gasteiger charge is -2.10. The molecule has 176 valence electrons. The average molecular weight is 509 g/mol. The van der Waals surface area contributed by atoms with Gasteiger partial charge in [-0.2, -0.15) is 0 Å². The molecule has 1 heterocycles. The lowest BCUT2D eigenvalue weighted by atomic mass is 10.2. The van der Waals surface area contributed by atoms with Crippen molar-refractivity contribution in [3.8, 4) is 5.75 Å². The Morgan fingerprint density at radius 2 is 1.62 bits per heavy atom. The topological polar surface area (TPSA) is 77.4 Å². The van der Waals surface area contributed by atoms with Crippen molar-refractivity contribution in [2.45, 2.75) is 22.7 Å². The molecular formula is C23H16ClF3N2O4S. The number of aromatic nitrogens is 1. The summed E-state index contributed by atoms with van der Waals surface area (Å²) in [5.41, 5.74) is 0.782. The van der Waals surface area contributed by atoms with Crippen molar-refractivity contribution in [1.29, 1.82) is 0 Å². The van der Waals surface area contributed by atoms with Crippen molar-refractivity contribution >= 4 is 43.9 Å². The zero-order valence-electron chi connectivity index (χ0n) is 17.2. The highest BCUT2D eigenvalue weighted by Gasteiger charge is 2.31. The molecule has 4 aromatic rings. The number of amides is 1. The summed E-state index contributed by atoms with van der Waals surface area (Å²) in [5, 5.41) is 3.41. The molecule has 1 amide bonds. The second kappa shape index (κ2) is 9.03. The Kier molecular flexibility index (Phi) is 6.28. The van der Waals surface area contributed by atoms with Gasteiger partial charge in [-0.1, -0.05) is 29.8 Å². The summed E-state index contributed by atoms with van der Waals surface area (Å²) < 4.78 is 68.6. The number of carbonyl (C=O) groups is 1. The van der Waals surface area contributed by atoms with Crippen molar-refractivity contribution in [2.75, 3.05) is 5.32 Å². The number of nitrogens with one attached hydrogen (secondary N) is 1. The molecule has 1 N–H and O–H groups in total. The van der Waals surface area contributed by atoms with E-state index in [4.69, 9.17) is 11.6 Å². The normalized spacial score (nSPS) is 12.0. The van der Waals surface area contributed by atoms with Crippen LogP contribution in [0.25, 0.3) is 10.9 Å². The standard InChI is InChI=1S/C23H16ClF3N2O4S/c24-15-5-11-18(12-6-15)34(31,32)21-13-29(20-4-2-1-3-19(20)21)14-22(30)28-16-7-9-17(10-8-16)33-23(25,26)27/h1-13H,14H2,(H,28,30). The van der Waals surface area contributed by atoms with Gasteiger partial charge in [0.25, 0.3) is 0 Å². The van der Waals surface area contributed by atoms with Gasteiger partial charge in [-0.15, -0.1) is 13.2 Å². The number of fused-ring (bicyclic) bond motifs is 1. The fourth-order valence-electron chi connectivity index (χ4n) is 3.39. The van der Waals surface area contributed by atoms with Gasteiger partial charge >= 0.3 is 6.36 Å². The molecule has 0 unspecified atom stereocenters. The summed E-state index contributed by atoms with van der Waals surface area (Å²) in [6.07, 6.45) is -3.43. The third-order valence-corrected chi connectivity index (χ3v) is 6.90. The zero-order chi connectivity index (χ0) is 24.5. The molecule has 1 aromatic heterocycles. The minimum atomic E-state index is -4.82. The molecular weight excluding hydrogens is 493 g/mol. The van der Waals surface area contributed by atoms with Crippen LogP contribution >= 0.6 is 11.6 Å². The Bertz CT molecular complexity index is 1450. The van der Waals surface area contributed by atoms with E-state index in [-0.39, 0.29) is 22.0 Å². The maximum atomic E-state index is 13.2. The highest BCUT2D eigenvalue weighted by molar-refractivity contribution is 7.91. The van der Waals surface area contributed by atoms with Crippen LogP contribution in [0.4, 0.5) is 18.9 Å². The molecule has 0 atom stereocenters. The van der Waals surface area contributed by atoms with Crippen molar-refractivity contribution in [1.82, 2.24) is 4.57 Å². The van der Waals surface area contributed by atoms with E-state index in [1.807, 2.05) is 0 Å². The maximum Gasteiger partial charge on any atom is 0.573 e. The van der Waals surface area contributed by atoms with Crippen LogP contribution < -0.4 is 10.1 Å². The molecule has 0 spiro atoms. The van der Waals surface area contributed by atoms with E-state index < -0.39 is 27.9 Å². The number of hydrogen-bond donors (Lipinski definition) is 1. The summed E-state index contributed by atoms with van der Waals surface area (Å²) in [6, 6.07) is 17.2. The number of para-hydroxylation sites is 1. The molecule has 0 aliphatic carbocycles. The lowest BCUT2D eigenvalue weighted by molar-refractivity contribution is -0.274. The van der Waals surface area contributed by atoms with Gasteiger partial charge in [0.15, 0.2) is 0 Å². The van der Waals surface area contributed by atoms with Crippen molar-refractivity contribution in [3.05, 3.63) is 84.0 Å². The summed E-state index contributed by atoms with van der Waals surface area (Å²) >= 11 is 5.87. The molecule has 0 radical (unpaired) electrons. The van der Waals surface area contributed by atoms with Crippen LogP contribution in [0.3, 0.4) is 0 Å². The Balaban J connectivity index is 1.58. The first-order chi connectivity index (χ1) is 16.0. The number of anilines is 1. The highest BCUT2D eigenvalue weighted by atomic mass is 35.5. The van der Waals surface area contributed by atoms with Gasteiger partial charge in [-0.25, -0.2) is 8.42 Å². The Morgan fingerprint density at radius 1 is 0.971 bits per heavy atom. The van der Waals surface area contributed by atoms with Gasteiger partial charge in [0.1, 0.15) is 12.3 Å². The Labute approximate surface area is 197 Å². The van der Waals surface area contributed by atoms with E-state index in [0.717, 1.165) is 12.1 Å². The molecule has 0 saturated heterocycles. The van der Waals surface area contributed by atoms with Crippen LogP contribution in [-0.2, 0) is 21.2 Å². The van der Waals surface area contributed by atoms with Crippen LogP contribution in [0.2, 0.25) is 5.02 Å². The highest BCUT2D eigenvalue weighted by Crippen LogP contribution is 2.31. The van der Waals surface area contributed by atoms with E-state index >= 15 is 0 Å². The van der Waals surface area contributed by atoms with E-state index in [0.29, 0.717) is 15.9 Å². The molecule has 34 heavy (non-hydrogen) atoms. The third kappa shape index (κ3) is 5.18. The number of halogens is 4. The summed E-state index contributed by atoms with van der Waals surface area (Å²) in [4.78, 5) is 12.7. The predicted octanol–water partition coefficient (Wildman–Crippen LogP) is 5.66. The molecule has 0 aliphatic rings. The second-order valence-corrected chi connectivity index (χ2v) is 9.57. The van der Waals surface area contributed by atoms with Crippen molar-refractivity contribution in [2.24, 2.45) is 0 Å². The van der Waals surface area contributed by atoms with E-state index in [2.05, 4.69) is 10.1 Å². The number of carbonyl (C=O) groups excluding carboxylic acids is 1. The van der Waals surface area contributed by atoms with Gasteiger partial charge < -0.3 is 14.6 Å². The molecule has 0 aliphatic heterocycles. The fraction of sp³-hybridized carbons (Fsp3) is 0.0870. The minimum Gasteiger partial charge on any atom is -0.406 e. The molecule has 0 bridgehead atoms. The first-order valence-electron chi connectivity index (χ1n) is 9.77. The van der Waals surface area contributed by atoms with Gasteiger partial charge in [0.2, 0.25) is 15.7 Å². The smallest absolute Gasteiger partial charge is 0.406 e. The summed E-state index contributed by atoms with van der Waals surface area (Å²) in [7, 11) is -3.89. The molecule has 0 saturated carbocycles. The number of sulfone groups is 1. The van der Waals surface area contributed by atoms with E-state index in [1.165, 1.54) is 47.2 Å².